The van der Waals surface area contributed by atoms with Gasteiger partial charge in [0.2, 0.25) is 0 Å². The van der Waals surface area contributed by atoms with Gasteiger partial charge in [0.1, 0.15) is 0 Å². The molecule has 0 aliphatic rings. The lowest BCUT2D eigenvalue weighted by molar-refractivity contribution is 0.102. The van der Waals surface area contributed by atoms with Crippen molar-refractivity contribution in [3.05, 3.63) is 99.8 Å². The molecule has 2 N–H and O–H groups in total. The number of carbonyl (C=O) groups excluding carboxylic acids is 1. The van der Waals surface area contributed by atoms with Gasteiger partial charge in [-0.05, 0) is 36.4 Å². The molecule has 0 saturated carbocycles. The number of carbonyl (C=O) groups is 1. The monoisotopic (exact) mass is 467 g/mol. The second-order valence-electron chi connectivity index (χ2n) is 7.04. The number of nitrogens with one attached hydrogen (secondary N) is 2. The van der Waals surface area contributed by atoms with Crippen molar-refractivity contribution in [2.75, 3.05) is 10.0 Å². The Morgan fingerprint density at radius 2 is 1.66 bits per heavy atom. The maximum atomic E-state index is 12.9. The van der Waals surface area contributed by atoms with Crippen LogP contribution in [0, 0.1) is 0 Å². The summed E-state index contributed by atoms with van der Waals surface area (Å²) < 4.78 is 29.5. The number of anilines is 2. The lowest BCUT2D eigenvalue weighted by Crippen LogP contribution is -2.21. The number of aryl methyl sites for hydroxylation is 1. The van der Waals surface area contributed by atoms with Crippen molar-refractivity contribution in [2.24, 2.45) is 7.05 Å². The Labute approximate surface area is 189 Å². The van der Waals surface area contributed by atoms with E-state index in [0.717, 1.165) is 0 Å². The van der Waals surface area contributed by atoms with Crippen molar-refractivity contribution >= 4 is 49.8 Å². The van der Waals surface area contributed by atoms with Gasteiger partial charge in [-0.15, -0.1) is 0 Å². The van der Waals surface area contributed by atoms with Crippen LogP contribution in [-0.2, 0) is 17.1 Å². The second kappa shape index (κ2) is 8.49. The number of aromatic nitrogens is 1. The van der Waals surface area contributed by atoms with Crippen LogP contribution in [0.5, 0.6) is 0 Å². The van der Waals surface area contributed by atoms with Crippen molar-refractivity contribution in [1.29, 1.82) is 0 Å². The molecule has 1 amide bonds. The number of hydrogen-bond acceptors (Lipinski definition) is 4. The molecule has 162 valence electrons. The van der Waals surface area contributed by atoms with E-state index in [1.807, 2.05) is 0 Å². The first-order valence-corrected chi connectivity index (χ1v) is 11.4. The molecular formula is C23H18ClN3O4S. The van der Waals surface area contributed by atoms with E-state index >= 15 is 0 Å². The predicted octanol–water partition coefficient (Wildman–Crippen LogP) is 4.25. The van der Waals surface area contributed by atoms with Gasteiger partial charge in [0, 0.05) is 24.2 Å². The van der Waals surface area contributed by atoms with Crippen LogP contribution in [0.25, 0.3) is 10.9 Å². The van der Waals surface area contributed by atoms with Gasteiger partial charge >= 0.3 is 0 Å². The minimum Gasteiger partial charge on any atom is -0.322 e. The molecule has 0 unspecified atom stereocenters. The third-order valence-electron chi connectivity index (χ3n) is 4.92. The van der Waals surface area contributed by atoms with E-state index in [1.54, 1.807) is 61.6 Å². The first-order chi connectivity index (χ1) is 15.3. The number of nitrogens with zero attached hydrogens (tertiary/aromatic N) is 1. The summed E-state index contributed by atoms with van der Waals surface area (Å²) in [6.45, 7) is 0. The molecule has 1 heterocycles. The molecule has 0 fully saturated rings. The van der Waals surface area contributed by atoms with Gasteiger partial charge in [-0.1, -0.05) is 48.0 Å². The summed E-state index contributed by atoms with van der Waals surface area (Å²) in [4.78, 5) is 25.2. The fourth-order valence-corrected chi connectivity index (χ4v) is 4.65. The Morgan fingerprint density at radius 3 is 2.44 bits per heavy atom. The van der Waals surface area contributed by atoms with Crippen molar-refractivity contribution in [2.45, 2.75) is 4.90 Å². The van der Waals surface area contributed by atoms with Crippen LogP contribution in [0.2, 0.25) is 5.02 Å². The lowest BCUT2D eigenvalue weighted by atomic mass is 10.1. The van der Waals surface area contributed by atoms with Gasteiger partial charge in [0.25, 0.3) is 21.5 Å². The normalized spacial score (nSPS) is 11.3. The number of amides is 1. The van der Waals surface area contributed by atoms with E-state index < -0.39 is 15.9 Å². The third-order valence-corrected chi connectivity index (χ3v) is 6.61. The summed E-state index contributed by atoms with van der Waals surface area (Å²) in [5.74, 6) is -0.521. The van der Waals surface area contributed by atoms with Crippen LogP contribution in [0.15, 0.2) is 88.6 Å². The van der Waals surface area contributed by atoms with Crippen LogP contribution in [0.1, 0.15) is 10.4 Å². The largest absolute Gasteiger partial charge is 0.322 e. The quantitative estimate of drug-likeness (QED) is 0.458. The van der Waals surface area contributed by atoms with Gasteiger partial charge in [-0.3, -0.25) is 14.3 Å². The number of benzene rings is 3. The highest BCUT2D eigenvalue weighted by atomic mass is 35.5. The summed E-state index contributed by atoms with van der Waals surface area (Å²) >= 11 is 6.05. The van der Waals surface area contributed by atoms with Crippen LogP contribution >= 0.6 is 11.6 Å². The Balaban J connectivity index is 1.65. The zero-order valence-electron chi connectivity index (χ0n) is 16.9. The number of para-hydroxylation sites is 2. The standard InChI is InChI=1S/C23H18ClN3O4S/c1-27-21-12-5-2-9-17(21)18(14-22(27)28)23(29)25-15-7-6-8-16(13-15)32(30,31)26-20-11-4-3-10-19(20)24/h2-14,26H,1H3,(H,25,29). The molecule has 7 nitrogen and oxygen atoms in total. The van der Waals surface area contributed by atoms with E-state index in [4.69, 9.17) is 11.6 Å². The number of rotatable bonds is 5. The van der Waals surface area contributed by atoms with Crippen LogP contribution in [0.3, 0.4) is 0 Å². The first kappa shape index (κ1) is 21.6. The maximum Gasteiger partial charge on any atom is 0.262 e. The van der Waals surface area contributed by atoms with Gasteiger partial charge in [0.05, 0.1) is 26.7 Å². The van der Waals surface area contributed by atoms with E-state index in [2.05, 4.69) is 10.0 Å². The van der Waals surface area contributed by atoms with Gasteiger partial charge < -0.3 is 9.88 Å². The molecular weight excluding hydrogens is 450 g/mol. The Kier molecular flexibility index (Phi) is 5.73. The molecule has 0 saturated heterocycles. The average Bonchev–Trinajstić information content (AvgIpc) is 2.78. The molecule has 4 aromatic rings. The third kappa shape index (κ3) is 4.23. The zero-order chi connectivity index (χ0) is 22.9. The van der Waals surface area contributed by atoms with Crippen molar-refractivity contribution in [3.63, 3.8) is 0 Å². The molecule has 32 heavy (non-hydrogen) atoms. The van der Waals surface area contributed by atoms with Crippen LogP contribution in [-0.4, -0.2) is 18.9 Å². The Morgan fingerprint density at radius 1 is 0.938 bits per heavy atom. The summed E-state index contributed by atoms with van der Waals surface area (Å²) in [5.41, 5.74) is 1.00. The minimum absolute atomic E-state index is 0.0518. The Hall–Kier alpha value is -3.62. The van der Waals surface area contributed by atoms with Gasteiger partial charge in [-0.2, -0.15) is 0 Å². The van der Waals surface area contributed by atoms with E-state index in [9.17, 15) is 18.0 Å². The molecule has 4 rings (SSSR count). The molecule has 0 radical (unpaired) electrons. The predicted molar refractivity (Wildman–Crippen MR) is 126 cm³/mol. The molecule has 0 aliphatic heterocycles. The number of fused-ring (bicyclic) bond motifs is 1. The molecule has 0 spiro atoms. The summed E-state index contributed by atoms with van der Waals surface area (Å²) in [6.07, 6.45) is 0. The molecule has 1 aromatic heterocycles. The number of hydrogen-bond donors (Lipinski definition) is 2. The second-order valence-corrected chi connectivity index (χ2v) is 9.13. The summed E-state index contributed by atoms with van der Waals surface area (Å²) in [6, 6.07) is 20.6. The van der Waals surface area contributed by atoms with E-state index in [-0.39, 0.29) is 32.4 Å². The lowest BCUT2D eigenvalue weighted by Gasteiger charge is -2.12. The highest BCUT2D eigenvalue weighted by Crippen LogP contribution is 2.25. The molecule has 0 atom stereocenters. The van der Waals surface area contributed by atoms with Crippen LogP contribution < -0.4 is 15.6 Å². The SMILES string of the molecule is Cn1c(=O)cc(C(=O)Nc2cccc(S(=O)(=O)Nc3ccccc3Cl)c2)c2ccccc21. The fraction of sp³-hybridized carbons (Fsp3) is 0.0435. The number of pyridine rings is 1. The number of halogens is 1. The molecule has 9 heteroatoms. The zero-order valence-corrected chi connectivity index (χ0v) is 18.4. The fourth-order valence-electron chi connectivity index (χ4n) is 3.29. The molecule has 0 aliphatic carbocycles. The van der Waals surface area contributed by atoms with Crippen molar-refractivity contribution in [3.8, 4) is 0 Å². The highest BCUT2D eigenvalue weighted by Gasteiger charge is 2.18. The first-order valence-electron chi connectivity index (χ1n) is 9.54. The van der Waals surface area contributed by atoms with Crippen molar-refractivity contribution < 1.29 is 13.2 Å². The smallest absolute Gasteiger partial charge is 0.262 e. The van der Waals surface area contributed by atoms with Gasteiger partial charge in [-0.25, -0.2) is 8.42 Å². The Bertz CT molecular complexity index is 1510. The van der Waals surface area contributed by atoms with Crippen molar-refractivity contribution in [1.82, 2.24) is 4.57 Å². The molecule has 0 bridgehead atoms. The maximum absolute atomic E-state index is 12.9. The average molecular weight is 468 g/mol. The van der Waals surface area contributed by atoms with E-state index in [1.165, 1.54) is 28.8 Å². The summed E-state index contributed by atoms with van der Waals surface area (Å²) in [5, 5.41) is 3.55. The topological polar surface area (TPSA) is 97.3 Å². The minimum atomic E-state index is -3.94. The van der Waals surface area contributed by atoms with E-state index in [0.29, 0.717) is 10.9 Å². The summed E-state index contributed by atoms with van der Waals surface area (Å²) in [7, 11) is -2.31. The van der Waals surface area contributed by atoms with Gasteiger partial charge in [0.15, 0.2) is 0 Å². The van der Waals surface area contributed by atoms with Crippen LogP contribution in [0.4, 0.5) is 11.4 Å². The highest BCUT2D eigenvalue weighted by molar-refractivity contribution is 7.92. The molecule has 3 aromatic carbocycles. The number of sulfonamides is 1.